The van der Waals surface area contributed by atoms with Gasteiger partial charge < -0.3 is 0 Å². The average Bonchev–Trinajstić information content (AvgIpc) is 2.06. The Hall–Kier alpha value is -0.0710. The van der Waals surface area contributed by atoms with Crippen molar-refractivity contribution >= 4 is 37.0 Å². The molecule has 1 aromatic rings. The first kappa shape index (κ1) is 9.02. The van der Waals surface area contributed by atoms with Crippen LogP contribution < -0.4 is 4.46 Å². The van der Waals surface area contributed by atoms with E-state index in [0.29, 0.717) is 26.3 Å². The average molecular weight is 278 g/mol. The quantitative estimate of drug-likeness (QED) is 0.581. The molecule has 0 atom stereocenters. The Balaban J connectivity index is 2.92. The predicted molar refractivity (Wildman–Crippen MR) is 48.8 cm³/mol. The van der Waals surface area contributed by atoms with Gasteiger partial charge in [-0.2, -0.15) is 0 Å². The van der Waals surface area contributed by atoms with Gasteiger partial charge in [-0.15, -0.1) is 0 Å². The maximum atomic E-state index is 10.5. The van der Waals surface area contributed by atoms with Crippen molar-refractivity contribution in [2.24, 2.45) is 0 Å². The summed E-state index contributed by atoms with van der Waals surface area (Å²) in [4.78, 5) is 10.5. The molecule has 0 radical (unpaired) electrons. The van der Waals surface area contributed by atoms with Crippen LogP contribution >= 0.6 is 0 Å². The van der Waals surface area contributed by atoms with Crippen molar-refractivity contribution < 1.29 is 4.79 Å². The van der Waals surface area contributed by atoms with Crippen LogP contribution in [0.15, 0.2) is 24.3 Å². The Kier molecular flexibility index (Phi) is 3.88. The van der Waals surface area contributed by atoms with Crippen molar-refractivity contribution in [2.45, 2.75) is 5.82 Å². The minimum absolute atomic E-state index is 0.532. The van der Waals surface area contributed by atoms with E-state index in [0.717, 1.165) is 11.8 Å². The van der Waals surface area contributed by atoms with Gasteiger partial charge in [-0.3, -0.25) is 0 Å². The predicted octanol–water partition coefficient (Wildman–Crippen LogP) is 0.496. The second-order valence-corrected chi connectivity index (χ2v) is 9.33. The van der Waals surface area contributed by atoms with Crippen LogP contribution in [0.4, 0.5) is 0 Å². The first-order chi connectivity index (χ1) is 5.38. The topological polar surface area (TPSA) is 17.1 Å². The summed E-state index contributed by atoms with van der Waals surface area (Å²) in [6.45, 7) is 0. The number of carbonyl (C=O) groups excluding carboxylic acids is 1. The van der Waals surface area contributed by atoms with Gasteiger partial charge in [0.05, 0.1) is 0 Å². The number of carbonyl (C=O) groups is 1. The summed E-state index contributed by atoms with van der Waals surface area (Å²) in [6.07, 6.45) is 0.947. The SMILES string of the molecule is C[Se][Se]c1ccccc1C=O. The molecule has 0 fully saturated rings. The maximum absolute atomic E-state index is 10.5. The summed E-state index contributed by atoms with van der Waals surface area (Å²) in [5.74, 6) is 2.20. The summed E-state index contributed by atoms with van der Waals surface area (Å²) in [5, 5.41) is 0. The third-order valence-electron chi connectivity index (χ3n) is 1.22. The standard InChI is InChI=1S/C8H8OSe2/c1-10-11-8-5-3-2-4-7(8)6-9/h2-6H,1H3. The van der Waals surface area contributed by atoms with Gasteiger partial charge in [0, 0.05) is 0 Å². The van der Waals surface area contributed by atoms with Gasteiger partial charge in [0.25, 0.3) is 0 Å². The van der Waals surface area contributed by atoms with Crippen LogP contribution in [-0.2, 0) is 0 Å². The van der Waals surface area contributed by atoms with Crippen molar-refractivity contribution in [1.82, 2.24) is 0 Å². The van der Waals surface area contributed by atoms with Gasteiger partial charge >= 0.3 is 77.5 Å². The van der Waals surface area contributed by atoms with E-state index in [1.807, 2.05) is 18.2 Å². The molecule has 0 spiro atoms. The van der Waals surface area contributed by atoms with Crippen LogP contribution in [0.5, 0.6) is 0 Å². The van der Waals surface area contributed by atoms with Gasteiger partial charge in [0.1, 0.15) is 0 Å². The zero-order valence-corrected chi connectivity index (χ0v) is 9.54. The first-order valence-electron chi connectivity index (χ1n) is 3.13. The van der Waals surface area contributed by atoms with Crippen molar-refractivity contribution in [3.05, 3.63) is 29.8 Å². The zero-order chi connectivity index (χ0) is 8.10. The molecule has 1 rings (SSSR count). The monoisotopic (exact) mass is 280 g/mol. The van der Waals surface area contributed by atoms with Crippen molar-refractivity contribution in [2.75, 3.05) is 0 Å². The molecular weight excluding hydrogens is 270 g/mol. The summed E-state index contributed by atoms with van der Waals surface area (Å²) in [6, 6.07) is 7.84. The number of benzene rings is 1. The minimum atomic E-state index is 0.532. The van der Waals surface area contributed by atoms with E-state index in [-0.39, 0.29) is 0 Å². The van der Waals surface area contributed by atoms with Crippen LogP contribution in [-0.4, -0.2) is 32.5 Å². The zero-order valence-electron chi connectivity index (χ0n) is 6.11. The first-order valence-corrected chi connectivity index (χ1v) is 10.0. The molecule has 11 heavy (non-hydrogen) atoms. The van der Waals surface area contributed by atoms with Crippen molar-refractivity contribution in [3.63, 3.8) is 0 Å². The van der Waals surface area contributed by atoms with Crippen LogP contribution in [0.1, 0.15) is 10.4 Å². The second-order valence-electron chi connectivity index (χ2n) is 1.91. The molecular formula is C8H8OSe2. The molecule has 58 valence electrons. The molecule has 0 bridgehead atoms. The van der Waals surface area contributed by atoms with E-state index in [4.69, 9.17) is 0 Å². The molecule has 0 aliphatic carbocycles. The molecule has 0 aliphatic rings. The van der Waals surface area contributed by atoms with E-state index in [1.54, 1.807) is 0 Å². The van der Waals surface area contributed by atoms with Gasteiger partial charge in [-0.05, 0) is 0 Å². The van der Waals surface area contributed by atoms with E-state index in [1.165, 1.54) is 4.46 Å². The van der Waals surface area contributed by atoms with E-state index < -0.39 is 0 Å². The molecule has 0 N–H and O–H groups in total. The number of aldehydes is 1. The van der Waals surface area contributed by atoms with E-state index in [2.05, 4.69) is 11.9 Å². The van der Waals surface area contributed by atoms with Crippen LogP contribution in [0.3, 0.4) is 0 Å². The number of rotatable bonds is 3. The fraction of sp³-hybridized carbons (Fsp3) is 0.125. The molecule has 0 amide bonds. The Morgan fingerprint density at radius 2 is 2.09 bits per heavy atom. The van der Waals surface area contributed by atoms with E-state index >= 15 is 0 Å². The molecule has 0 heterocycles. The van der Waals surface area contributed by atoms with Crippen molar-refractivity contribution in [3.8, 4) is 0 Å². The molecule has 0 saturated heterocycles. The molecule has 1 aromatic carbocycles. The molecule has 0 saturated carbocycles. The number of hydrogen-bond donors (Lipinski definition) is 0. The molecule has 0 aromatic heterocycles. The number of hydrogen-bond acceptors (Lipinski definition) is 1. The summed E-state index contributed by atoms with van der Waals surface area (Å²) < 4.78 is 1.25. The molecule has 0 unspecified atom stereocenters. The van der Waals surface area contributed by atoms with E-state index in [9.17, 15) is 4.79 Å². The fourth-order valence-electron chi connectivity index (χ4n) is 0.744. The molecule has 3 heteroatoms. The van der Waals surface area contributed by atoms with Gasteiger partial charge in [0.15, 0.2) is 0 Å². The molecule has 1 nitrogen and oxygen atoms in total. The van der Waals surface area contributed by atoms with Crippen LogP contribution in [0.25, 0.3) is 0 Å². The van der Waals surface area contributed by atoms with Crippen LogP contribution in [0, 0.1) is 0 Å². The van der Waals surface area contributed by atoms with Gasteiger partial charge in [-0.1, -0.05) is 0 Å². The normalized spacial score (nSPS) is 9.55. The van der Waals surface area contributed by atoms with Gasteiger partial charge in [0.2, 0.25) is 0 Å². The summed E-state index contributed by atoms with van der Waals surface area (Å²) >= 11 is 1.20. The Morgan fingerprint density at radius 1 is 1.36 bits per heavy atom. The Labute approximate surface area is 77.4 Å². The van der Waals surface area contributed by atoms with Crippen LogP contribution in [0.2, 0.25) is 5.82 Å². The summed E-state index contributed by atoms with van der Waals surface area (Å²) in [5.41, 5.74) is 0.872. The van der Waals surface area contributed by atoms with Crippen molar-refractivity contribution in [1.29, 1.82) is 0 Å². The second kappa shape index (κ2) is 4.74. The third kappa shape index (κ3) is 2.46. The van der Waals surface area contributed by atoms with Gasteiger partial charge in [-0.25, -0.2) is 0 Å². The fourth-order valence-corrected chi connectivity index (χ4v) is 5.46. The molecule has 0 aliphatic heterocycles. The summed E-state index contributed by atoms with van der Waals surface area (Å²) in [7, 11) is 0. The Bertz CT molecular complexity index is 248. The third-order valence-corrected chi connectivity index (χ3v) is 6.50. The Morgan fingerprint density at radius 3 is 2.73 bits per heavy atom.